The van der Waals surface area contributed by atoms with Gasteiger partial charge in [0.2, 0.25) is 0 Å². The van der Waals surface area contributed by atoms with E-state index in [2.05, 4.69) is 32.3 Å². The molecule has 138 valence electrons. The largest absolute Gasteiger partial charge is 0.379 e. The zero-order chi connectivity index (χ0) is 16.8. The Morgan fingerprint density at radius 3 is 2.46 bits per heavy atom. The maximum absolute atomic E-state index is 5.42. The van der Waals surface area contributed by atoms with Gasteiger partial charge in [0.05, 0.1) is 13.2 Å². The molecule has 0 aromatic carbocycles. The number of likely N-dealkylation sites (tertiary alicyclic amines) is 1. The summed E-state index contributed by atoms with van der Waals surface area (Å²) in [7, 11) is 1.88. The van der Waals surface area contributed by atoms with Gasteiger partial charge in [0, 0.05) is 58.4 Å². The molecule has 0 spiro atoms. The van der Waals surface area contributed by atoms with E-state index in [0.29, 0.717) is 12.0 Å². The molecular weight excluding hydrogens is 302 g/mol. The van der Waals surface area contributed by atoms with Gasteiger partial charge in [0.1, 0.15) is 0 Å². The number of piperidine rings is 1. The monoisotopic (exact) mass is 337 g/mol. The van der Waals surface area contributed by atoms with Gasteiger partial charge in [-0.1, -0.05) is 6.92 Å². The minimum Gasteiger partial charge on any atom is -0.379 e. The zero-order valence-electron chi connectivity index (χ0n) is 15.5. The maximum Gasteiger partial charge on any atom is 0.191 e. The normalized spacial score (nSPS) is 26.3. The van der Waals surface area contributed by atoms with Gasteiger partial charge in [-0.2, -0.15) is 0 Å². The number of ether oxygens (including phenoxy) is 1. The van der Waals surface area contributed by atoms with Crippen LogP contribution in [0.15, 0.2) is 4.99 Å². The predicted molar refractivity (Wildman–Crippen MR) is 98.5 cm³/mol. The van der Waals surface area contributed by atoms with Crippen LogP contribution >= 0.6 is 0 Å². The first-order valence-corrected chi connectivity index (χ1v) is 9.76. The van der Waals surface area contributed by atoms with Gasteiger partial charge in [0.15, 0.2) is 5.96 Å². The summed E-state index contributed by atoms with van der Waals surface area (Å²) < 4.78 is 5.42. The van der Waals surface area contributed by atoms with E-state index in [1.807, 2.05) is 7.05 Å². The van der Waals surface area contributed by atoms with E-state index in [1.165, 1.54) is 38.8 Å². The average molecular weight is 338 g/mol. The lowest BCUT2D eigenvalue weighted by atomic mass is 10.1. The highest BCUT2D eigenvalue weighted by molar-refractivity contribution is 5.79. The Balaban J connectivity index is 1.32. The molecule has 1 atom stereocenters. The summed E-state index contributed by atoms with van der Waals surface area (Å²) in [4.78, 5) is 9.58. The number of nitrogens with one attached hydrogen (secondary N) is 2. The van der Waals surface area contributed by atoms with E-state index >= 15 is 0 Å². The van der Waals surface area contributed by atoms with Gasteiger partial charge >= 0.3 is 0 Å². The van der Waals surface area contributed by atoms with Gasteiger partial charge < -0.3 is 20.3 Å². The van der Waals surface area contributed by atoms with Gasteiger partial charge in [0.25, 0.3) is 0 Å². The third kappa shape index (κ3) is 5.60. The quantitative estimate of drug-likeness (QED) is 0.553. The lowest BCUT2D eigenvalue weighted by molar-refractivity contribution is 0.0320. The van der Waals surface area contributed by atoms with Crippen LogP contribution in [0.1, 0.15) is 32.6 Å². The van der Waals surface area contributed by atoms with Crippen LogP contribution < -0.4 is 10.6 Å². The fourth-order valence-electron chi connectivity index (χ4n) is 3.80. The first-order valence-electron chi connectivity index (χ1n) is 9.76. The fourth-order valence-corrected chi connectivity index (χ4v) is 3.80. The second-order valence-electron chi connectivity index (χ2n) is 7.66. The molecule has 1 aliphatic carbocycles. The predicted octanol–water partition coefficient (Wildman–Crippen LogP) is 0.747. The van der Waals surface area contributed by atoms with Crippen molar-refractivity contribution in [2.24, 2.45) is 10.9 Å². The summed E-state index contributed by atoms with van der Waals surface area (Å²) in [5, 5.41) is 7.14. The highest BCUT2D eigenvalue weighted by atomic mass is 16.5. The molecule has 2 N–H and O–H groups in total. The Kier molecular flexibility index (Phi) is 6.75. The molecule has 0 bridgehead atoms. The Morgan fingerprint density at radius 1 is 1.12 bits per heavy atom. The maximum atomic E-state index is 5.42. The second kappa shape index (κ2) is 9.02. The molecule has 2 aliphatic heterocycles. The van der Waals surface area contributed by atoms with Crippen molar-refractivity contribution in [1.29, 1.82) is 0 Å². The van der Waals surface area contributed by atoms with Crippen LogP contribution in [0.5, 0.6) is 0 Å². The van der Waals surface area contributed by atoms with Crippen molar-refractivity contribution >= 4 is 5.96 Å². The van der Waals surface area contributed by atoms with Crippen LogP contribution in [-0.2, 0) is 4.74 Å². The van der Waals surface area contributed by atoms with Crippen molar-refractivity contribution in [1.82, 2.24) is 20.4 Å². The molecule has 24 heavy (non-hydrogen) atoms. The molecular formula is C18H35N5O. The molecule has 2 saturated heterocycles. The molecule has 0 aromatic rings. The summed E-state index contributed by atoms with van der Waals surface area (Å²) in [6.45, 7) is 10.8. The van der Waals surface area contributed by atoms with Crippen molar-refractivity contribution in [3.8, 4) is 0 Å². The molecule has 6 nitrogen and oxygen atoms in total. The minimum atomic E-state index is 0.570. The Morgan fingerprint density at radius 2 is 1.83 bits per heavy atom. The second-order valence-corrected chi connectivity index (χ2v) is 7.66. The average Bonchev–Trinajstić information content (AvgIpc) is 3.45. The topological polar surface area (TPSA) is 52.1 Å². The Labute approximate surface area is 147 Å². The van der Waals surface area contributed by atoms with Crippen molar-refractivity contribution in [2.75, 3.05) is 59.5 Å². The number of aliphatic imine (C=N–C) groups is 1. The number of hydrogen-bond acceptors (Lipinski definition) is 4. The van der Waals surface area contributed by atoms with E-state index in [-0.39, 0.29) is 0 Å². The van der Waals surface area contributed by atoms with E-state index in [1.54, 1.807) is 0 Å². The molecule has 3 rings (SSSR count). The van der Waals surface area contributed by atoms with E-state index in [4.69, 9.17) is 4.74 Å². The van der Waals surface area contributed by atoms with Crippen LogP contribution in [0.4, 0.5) is 0 Å². The standard InChI is InChI=1S/C18H35N5O/c1-15(14-22-9-11-24-12-10-22)13-20-18(19-2)21-16-5-7-23(8-6-16)17-3-4-17/h15-17H,3-14H2,1-2H3,(H2,19,20,21). The Hall–Kier alpha value is -0.850. The number of guanidine groups is 1. The summed E-state index contributed by atoms with van der Waals surface area (Å²) in [5.41, 5.74) is 0. The van der Waals surface area contributed by atoms with Gasteiger partial charge in [-0.25, -0.2) is 0 Å². The minimum absolute atomic E-state index is 0.570. The van der Waals surface area contributed by atoms with E-state index < -0.39 is 0 Å². The third-order valence-electron chi connectivity index (χ3n) is 5.45. The molecule has 3 fully saturated rings. The van der Waals surface area contributed by atoms with Crippen LogP contribution in [0.3, 0.4) is 0 Å². The highest BCUT2D eigenvalue weighted by Gasteiger charge is 2.31. The molecule has 1 unspecified atom stereocenters. The molecule has 0 amide bonds. The van der Waals surface area contributed by atoms with Crippen molar-refractivity contribution < 1.29 is 4.74 Å². The highest BCUT2D eigenvalue weighted by Crippen LogP contribution is 2.29. The SMILES string of the molecule is CN=C(NCC(C)CN1CCOCC1)NC1CCN(C2CC2)CC1. The molecule has 3 aliphatic rings. The summed E-state index contributed by atoms with van der Waals surface area (Å²) in [5.74, 6) is 1.58. The molecule has 1 saturated carbocycles. The van der Waals surface area contributed by atoms with Crippen molar-refractivity contribution in [2.45, 2.75) is 44.7 Å². The van der Waals surface area contributed by atoms with Gasteiger partial charge in [-0.15, -0.1) is 0 Å². The first kappa shape index (κ1) is 18.0. The van der Waals surface area contributed by atoms with E-state index in [9.17, 15) is 0 Å². The van der Waals surface area contributed by atoms with Crippen LogP contribution in [0, 0.1) is 5.92 Å². The van der Waals surface area contributed by atoms with Gasteiger partial charge in [-0.3, -0.25) is 9.89 Å². The summed E-state index contributed by atoms with van der Waals surface area (Å²) in [6.07, 6.45) is 5.31. The van der Waals surface area contributed by atoms with Gasteiger partial charge in [-0.05, 0) is 31.6 Å². The number of morpholine rings is 1. The lowest BCUT2D eigenvalue weighted by Gasteiger charge is -2.33. The van der Waals surface area contributed by atoms with E-state index in [0.717, 1.165) is 51.4 Å². The summed E-state index contributed by atoms with van der Waals surface area (Å²) in [6, 6.07) is 1.48. The molecule has 6 heteroatoms. The lowest BCUT2D eigenvalue weighted by Crippen LogP contribution is -2.50. The van der Waals surface area contributed by atoms with Crippen molar-refractivity contribution in [3.05, 3.63) is 0 Å². The summed E-state index contributed by atoms with van der Waals surface area (Å²) >= 11 is 0. The molecule has 2 heterocycles. The van der Waals surface area contributed by atoms with Crippen LogP contribution in [-0.4, -0.2) is 87.4 Å². The van der Waals surface area contributed by atoms with Crippen LogP contribution in [0.25, 0.3) is 0 Å². The zero-order valence-corrected chi connectivity index (χ0v) is 15.5. The number of nitrogens with zero attached hydrogens (tertiary/aromatic N) is 3. The van der Waals surface area contributed by atoms with Crippen LogP contribution in [0.2, 0.25) is 0 Å². The number of rotatable bonds is 6. The molecule has 0 aromatic heterocycles. The first-order chi connectivity index (χ1) is 11.7. The fraction of sp³-hybridized carbons (Fsp3) is 0.944. The van der Waals surface area contributed by atoms with Crippen molar-refractivity contribution in [3.63, 3.8) is 0 Å². The number of hydrogen-bond donors (Lipinski definition) is 2. The molecule has 0 radical (unpaired) electrons. The third-order valence-corrected chi connectivity index (χ3v) is 5.45. The Bertz CT molecular complexity index is 398. The smallest absolute Gasteiger partial charge is 0.191 e.